The van der Waals surface area contributed by atoms with Crippen LogP contribution in [0.1, 0.15) is 51.5 Å². The van der Waals surface area contributed by atoms with E-state index in [9.17, 15) is 4.79 Å². The van der Waals surface area contributed by atoms with Crippen molar-refractivity contribution in [2.24, 2.45) is 0 Å². The van der Waals surface area contributed by atoms with Crippen LogP contribution in [0.25, 0.3) is 0 Å². The molecule has 1 aromatic rings. The lowest BCUT2D eigenvalue weighted by molar-refractivity contribution is 0.0505. The van der Waals surface area contributed by atoms with Crippen LogP contribution in [0.5, 0.6) is 0 Å². The zero-order chi connectivity index (χ0) is 15.5. The van der Waals surface area contributed by atoms with E-state index in [1.165, 1.54) is 0 Å². The van der Waals surface area contributed by atoms with E-state index in [-0.39, 0.29) is 12.1 Å². The van der Waals surface area contributed by atoms with Gasteiger partial charge in [0.2, 0.25) is 0 Å². The SMILES string of the molecule is Cc1cc(CNC2CCC(NC(=O)OC(C)(C)C)C2)on1. The minimum absolute atomic E-state index is 0.175. The van der Waals surface area contributed by atoms with Crippen molar-refractivity contribution in [1.82, 2.24) is 15.8 Å². The summed E-state index contributed by atoms with van der Waals surface area (Å²) in [6.45, 7) is 8.18. The molecular weight excluding hydrogens is 270 g/mol. The lowest BCUT2D eigenvalue weighted by Gasteiger charge is -2.21. The average Bonchev–Trinajstić information content (AvgIpc) is 2.93. The van der Waals surface area contributed by atoms with Gasteiger partial charge in [-0.2, -0.15) is 0 Å². The zero-order valence-electron chi connectivity index (χ0n) is 13.2. The van der Waals surface area contributed by atoms with E-state index in [1.54, 1.807) is 0 Å². The van der Waals surface area contributed by atoms with Crippen LogP contribution in [0.4, 0.5) is 4.79 Å². The monoisotopic (exact) mass is 295 g/mol. The third-order valence-electron chi connectivity index (χ3n) is 3.40. The maximum Gasteiger partial charge on any atom is 0.407 e. The minimum atomic E-state index is -0.454. The molecule has 0 radical (unpaired) electrons. The Bertz CT molecular complexity index is 479. The molecule has 1 aromatic heterocycles. The number of carbonyl (C=O) groups excluding carboxylic acids is 1. The van der Waals surface area contributed by atoms with Gasteiger partial charge in [0.05, 0.1) is 12.2 Å². The van der Waals surface area contributed by atoms with E-state index >= 15 is 0 Å². The molecule has 2 N–H and O–H groups in total. The summed E-state index contributed by atoms with van der Waals surface area (Å²) < 4.78 is 10.4. The van der Waals surface area contributed by atoms with Gasteiger partial charge in [-0.25, -0.2) is 4.79 Å². The summed E-state index contributed by atoms with van der Waals surface area (Å²) in [4.78, 5) is 11.7. The molecule has 1 saturated carbocycles. The number of rotatable bonds is 4. The molecule has 0 spiro atoms. The highest BCUT2D eigenvalue weighted by molar-refractivity contribution is 5.68. The fourth-order valence-electron chi connectivity index (χ4n) is 2.52. The second-order valence-electron chi connectivity index (χ2n) is 6.67. The molecule has 6 heteroatoms. The number of alkyl carbamates (subject to hydrolysis) is 1. The first-order valence-electron chi connectivity index (χ1n) is 7.47. The van der Waals surface area contributed by atoms with E-state index in [0.29, 0.717) is 12.6 Å². The van der Waals surface area contributed by atoms with Crippen LogP contribution < -0.4 is 10.6 Å². The number of hydrogen-bond donors (Lipinski definition) is 2. The lowest BCUT2D eigenvalue weighted by atomic mass is 10.2. The summed E-state index contributed by atoms with van der Waals surface area (Å²) in [5.41, 5.74) is 0.437. The molecule has 1 aliphatic carbocycles. The van der Waals surface area contributed by atoms with Crippen molar-refractivity contribution in [1.29, 1.82) is 0 Å². The second kappa shape index (κ2) is 6.47. The Morgan fingerprint density at radius 1 is 1.43 bits per heavy atom. The fourth-order valence-corrected chi connectivity index (χ4v) is 2.52. The smallest absolute Gasteiger partial charge is 0.407 e. The summed E-state index contributed by atoms with van der Waals surface area (Å²) in [5.74, 6) is 0.844. The van der Waals surface area contributed by atoms with Gasteiger partial charge in [-0.15, -0.1) is 0 Å². The standard InChI is InChI=1S/C15H25N3O3/c1-10-7-13(21-18-10)9-16-11-5-6-12(8-11)17-14(19)20-15(2,3)4/h7,11-12,16H,5-6,8-9H2,1-4H3,(H,17,19). The topological polar surface area (TPSA) is 76.4 Å². The van der Waals surface area contributed by atoms with Crippen LogP contribution in [0, 0.1) is 6.92 Å². The van der Waals surface area contributed by atoms with Crippen molar-refractivity contribution in [2.45, 2.75) is 71.2 Å². The Balaban J connectivity index is 1.70. The van der Waals surface area contributed by atoms with E-state index < -0.39 is 5.60 Å². The van der Waals surface area contributed by atoms with E-state index in [4.69, 9.17) is 9.26 Å². The number of carbonyl (C=O) groups is 1. The number of amides is 1. The molecule has 2 unspecified atom stereocenters. The van der Waals surface area contributed by atoms with Crippen molar-refractivity contribution in [3.63, 3.8) is 0 Å². The summed E-state index contributed by atoms with van der Waals surface area (Å²) in [5, 5.41) is 10.2. The first-order valence-corrected chi connectivity index (χ1v) is 7.47. The van der Waals surface area contributed by atoms with Crippen molar-refractivity contribution >= 4 is 6.09 Å². The Morgan fingerprint density at radius 2 is 2.14 bits per heavy atom. The van der Waals surface area contributed by atoms with E-state index in [2.05, 4.69) is 15.8 Å². The highest BCUT2D eigenvalue weighted by Gasteiger charge is 2.27. The van der Waals surface area contributed by atoms with Crippen LogP contribution >= 0.6 is 0 Å². The molecule has 1 heterocycles. The third kappa shape index (κ3) is 5.38. The highest BCUT2D eigenvalue weighted by atomic mass is 16.6. The van der Waals surface area contributed by atoms with Crippen molar-refractivity contribution in [3.05, 3.63) is 17.5 Å². The molecule has 0 aliphatic heterocycles. The fraction of sp³-hybridized carbons (Fsp3) is 0.733. The number of aryl methyl sites for hydroxylation is 1. The van der Waals surface area contributed by atoms with Crippen molar-refractivity contribution in [2.75, 3.05) is 0 Å². The van der Waals surface area contributed by atoms with Gasteiger partial charge >= 0.3 is 6.09 Å². The number of aromatic nitrogens is 1. The first-order chi connectivity index (χ1) is 9.82. The highest BCUT2D eigenvalue weighted by Crippen LogP contribution is 2.20. The minimum Gasteiger partial charge on any atom is -0.444 e. The van der Waals surface area contributed by atoms with Gasteiger partial charge in [0.15, 0.2) is 5.76 Å². The van der Waals surface area contributed by atoms with Gasteiger partial charge in [-0.05, 0) is 47.0 Å². The lowest BCUT2D eigenvalue weighted by Crippen LogP contribution is -2.38. The predicted molar refractivity (Wildman–Crippen MR) is 78.9 cm³/mol. The van der Waals surface area contributed by atoms with Crippen LogP contribution in [0.3, 0.4) is 0 Å². The summed E-state index contributed by atoms with van der Waals surface area (Å²) in [6, 6.07) is 2.49. The molecule has 6 nitrogen and oxygen atoms in total. The second-order valence-corrected chi connectivity index (χ2v) is 6.67. The molecule has 0 saturated heterocycles. The number of nitrogens with zero attached hydrogens (tertiary/aromatic N) is 1. The largest absolute Gasteiger partial charge is 0.444 e. The van der Waals surface area contributed by atoms with Gasteiger partial charge in [-0.3, -0.25) is 0 Å². The van der Waals surface area contributed by atoms with Gasteiger partial charge < -0.3 is 19.9 Å². The summed E-state index contributed by atoms with van der Waals surface area (Å²) in [6.07, 6.45) is 2.57. The van der Waals surface area contributed by atoms with Crippen molar-refractivity contribution in [3.8, 4) is 0 Å². The van der Waals surface area contributed by atoms with Gasteiger partial charge in [0.1, 0.15) is 5.60 Å². The molecule has 1 aliphatic rings. The molecule has 118 valence electrons. The Kier molecular flexibility index (Phi) is 4.88. The molecule has 21 heavy (non-hydrogen) atoms. The molecule has 1 amide bonds. The van der Waals surface area contributed by atoms with Crippen LogP contribution in [0.2, 0.25) is 0 Å². The predicted octanol–water partition coefficient (Wildman–Crippen LogP) is 2.52. The summed E-state index contributed by atoms with van der Waals surface area (Å²) in [7, 11) is 0. The molecule has 2 rings (SSSR count). The number of ether oxygens (including phenoxy) is 1. The van der Waals surface area contributed by atoms with E-state index in [1.807, 2.05) is 33.8 Å². The average molecular weight is 295 g/mol. The Morgan fingerprint density at radius 3 is 2.76 bits per heavy atom. The molecule has 1 fully saturated rings. The van der Waals surface area contributed by atoms with Crippen LogP contribution in [-0.4, -0.2) is 28.9 Å². The maximum atomic E-state index is 11.7. The van der Waals surface area contributed by atoms with Gasteiger partial charge in [0, 0.05) is 18.2 Å². The third-order valence-corrected chi connectivity index (χ3v) is 3.40. The van der Waals surface area contributed by atoms with Gasteiger partial charge in [0.25, 0.3) is 0 Å². The maximum absolute atomic E-state index is 11.7. The molecular formula is C15H25N3O3. The Labute approximate surface area is 125 Å². The first kappa shape index (κ1) is 15.8. The van der Waals surface area contributed by atoms with E-state index in [0.717, 1.165) is 30.7 Å². The summed E-state index contributed by atoms with van der Waals surface area (Å²) >= 11 is 0. The molecule has 2 atom stereocenters. The number of hydrogen-bond acceptors (Lipinski definition) is 5. The van der Waals surface area contributed by atoms with Crippen LogP contribution in [-0.2, 0) is 11.3 Å². The Hall–Kier alpha value is -1.56. The quantitative estimate of drug-likeness (QED) is 0.892. The molecule has 0 bridgehead atoms. The van der Waals surface area contributed by atoms with Gasteiger partial charge in [-0.1, -0.05) is 5.16 Å². The van der Waals surface area contributed by atoms with Crippen molar-refractivity contribution < 1.29 is 14.1 Å². The normalized spacial score (nSPS) is 22.3. The molecule has 0 aromatic carbocycles. The number of nitrogens with one attached hydrogen (secondary N) is 2. The zero-order valence-corrected chi connectivity index (χ0v) is 13.2. The van der Waals surface area contributed by atoms with Crippen LogP contribution in [0.15, 0.2) is 10.6 Å².